The van der Waals surface area contributed by atoms with Crippen LogP contribution in [0.2, 0.25) is 5.02 Å². The lowest BCUT2D eigenvalue weighted by Crippen LogP contribution is -2.44. The molecule has 0 saturated heterocycles. The average Bonchev–Trinajstić information content (AvgIpc) is 2.16. The van der Waals surface area contributed by atoms with E-state index < -0.39 is 18.2 Å². The molecule has 16 heavy (non-hydrogen) atoms. The number of fused-ring (bicyclic) bond motifs is 1. The van der Waals surface area contributed by atoms with Gasteiger partial charge in [-0.25, -0.2) is 4.79 Å². The van der Waals surface area contributed by atoms with Crippen molar-refractivity contribution in [3.63, 3.8) is 0 Å². The highest BCUT2D eigenvalue weighted by molar-refractivity contribution is 6.30. The normalized spacial score (nSPS) is 19.8. The minimum atomic E-state index is -4.54. The summed E-state index contributed by atoms with van der Waals surface area (Å²) in [5.74, 6) is 0. The number of halogens is 4. The van der Waals surface area contributed by atoms with Crippen LogP contribution in [0.15, 0.2) is 18.2 Å². The second kappa shape index (κ2) is 3.55. The molecule has 1 atom stereocenters. The van der Waals surface area contributed by atoms with Gasteiger partial charge in [0.15, 0.2) is 6.04 Å². The van der Waals surface area contributed by atoms with Crippen molar-refractivity contribution in [2.45, 2.75) is 12.2 Å². The zero-order valence-electron chi connectivity index (χ0n) is 7.73. The molecule has 1 aliphatic heterocycles. The van der Waals surface area contributed by atoms with Gasteiger partial charge in [-0.1, -0.05) is 11.6 Å². The van der Waals surface area contributed by atoms with E-state index in [1.807, 2.05) is 0 Å². The Morgan fingerprint density at radius 1 is 1.31 bits per heavy atom. The minimum Gasteiger partial charge on any atom is -0.322 e. The number of amides is 2. The molecule has 7 heteroatoms. The molecule has 2 amide bonds. The molecule has 0 bridgehead atoms. The first-order chi connectivity index (χ1) is 7.38. The summed E-state index contributed by atoms with van der Waals surface area (Å²) in [6.45, 7) is 0. The number of rotatable bonds is 0. The van der Waals surface area contributed by atoms with Gasteiger partial charge in [0.25, 0.3) is 0 Å². The Hall–Kier alpha value is -1.43. The number of carbonyl (C=O) groups excluding carboxylic acids is 1. The molecule has 1 aliphatic rings. The van der Waals surface area contributed by atoms with Gasteiger partial charge < -0.3 is 10.6 Å². The number of alkyl halides is 3. The first-order valence-corrected chi connectivity index (χ1v) is 4.69. The van der Waals surface area contributed by atoms with Gasteiger partial charge in [0.1, 0.15) is 0 Å². The topological polar surface area (TPSA) is 41.1 Å². The number of anilines is 1. The number of nitrogens with one attached hydrogen (secondary N) is 2. The summed E-state index contributed by atoms with van der Waals surface area (Å²) in [7, 11) is 0. The van der Waals surface area contributed by atoms with Gasteiger partial charge in [0.05, 0.1) is 0 Å². The Labute approximate surface area is 93.6 Å². The fourth-order valence-corrected chi connectivity index (χ4v) is 1.69. The van der Waals surface area contributed by atoms with Crippen molar-refractivity contribution >= 4 is 23.3 Å². The fourth-order valence-electron chi connectivity index (χ4n) is 1.51. The van der Waals surface area contributed by atoms with Crippen molar-refractivity contribution in [1.82, 2.24) is 5.32 Å². The average molecular weight is 251 g/mol. The summed E-state index contributed by atoms with van der Waals surface area (Å²) in [4.78, 5) is 11.0. The Morgan fingerprint density at radius 2 is 2.00 bits per heavy atom. The molecule has 1 aromatic rings. The minimum absolute atomic E-state index is 0.0837. The van der Waals surface area contributed by atoms with Gasteiger partial charge in [-0.05, 0) is 18.2 Å². The number of carbonyl (C=O) groups is 1. The Kier molecular flexibility index (Phi) is 2.46. The van der Waals surface area contributed by atoms with Crippen LogP contribution >= 0.6 is 11.6 Å². The molecule has 86 valence electrons. The summed E-state index contributed by atoms with van der Waals surface area (Å²) in [5, 5.41) is 4.27. The number of benzene rings is 1. The van der Waals surface area contributed by atoms with Gasteiger partial charge in [-0.3, -0.25) is 0 Å². The second-order valence-electron chi connectivity index (χ2n) is 3.30. The molecule has 0 spiro atoms. The summed E-state index contributed by atoms with van der Waals surface area (Å²) in [6.07, 6.45) is -4.54. The van der Waals surface area contributed by atoms with Crippen LogP contribution in [0.1, 0.15) is 11.6 Å². The monoisotopic (exact) mass is 250 g/mol. The third kappa shape index (κ3) is 1.92. The van der Waals surface area contributed by atoms with E-state index in [4.69, 9.17) is 11.6 Å². The van der Waals surface area contributed by atoms with Crippen LogP contribution in [0, 0.1) is 0 Å². The quantitative estimate of drug-likeness (QED) is 0.730. The number of hydrogen-bond donors (Lipinski definition) is 2. The molecule has 3 nitrogen and oxygen atoms in total. The van der Waals surface area contributed by atoms with Crippen molar-refractivity contribution in [1.29, 1.82) is 0 Å². The zero-order valence-corrected chi connectivity index (χ0v) is 8.49. The maximum absolute atomic E-state index is 12.6. The molecule has 1 unspecified atom stereocenters. The second-order valence-corrected chi connectivity index (χ2v) is 3.74. The van der Waals surface area contributed by atoms with Crippen LogP contribution in [-0.4, -0.2) is 12.2 Å². The van der Waals surface area contributed by atoms with Crippen molar-refractivity contribution in [2.75, 3.05) is 5.32 Å². The van der Waals surface area contributed by atoms with Gasteiger partial charge in [0.2, 0.25) is 0 Å². The highest BCUT2D eigenvalue weighted by Crippen LogP contribution is 2.39. The van der Waals surface area contributed by atoms with E-state index in [-0.39, 0.29) is 16.3 Å². The molecular weight excluding hydrogens is 245 g/mol. The predicted octanol–water partition coefficient (Wildman–Crippen LogP) is 3.08. The van der Waals surface area contributed by atoms with E-state index in [0.717, 1.165) is 0 Å². The van der Waals surface area contributed by atoms with Gasteiger partial charge in [0, 0.05) is 16.3 Å². The lowest BCUT2D eigenvalue weighted by Gasteiger charge is -2.28. The zero-order chi connectivity index (χ0) is 11.9. The van der Waals surface area contributed by atoms with E-state index in [1.54, 1.807) is 5.32 Å². The van der Waals surface area contributed by atoms with Gasteiger partial charge in [-0.2, -0.15) is 13.2 Å². The molecule has 1 heterocycles. The molecular formula is C9H6ClF3N2O. The van der Waals surface area contributed by atoms with Crippen LogP contribution < -0.4 is 10.6 Å². The molecule has 0 radical (unpaired) electrons. The first kappa shape index (κ1) is 11.1. The Morgan fingerprint density at radius 3 is 2.62 bits per heavy atom. The lowest BCUT2D eigenvalue weighted by atomic mass is 10.0. The molecule has 0 saturated carbocycles. The van der Waals surface area contributed by atoms with Crippen molar-refractivity contribution < 1.29 is 18.0 Å². The van der Waals surface area contributed by atoms with Crippen LogP contribution in [0.5, 0.6) is 0 Å². The van der Waals surface area contributed by atoms with Crippen molar-refractivity contribution in [2.24, 2.45) is 0 Å². The largest absolute Gasteiger partial charge is 0.413 e. The molecule has 0 aromatic heterocycles. The van der Waals surface area contributed by atoms with Crippen LogP contribution in [0.4, 0.5) is 23.7 Å². The summed E-state index contributed by atoms with van der Waals surface area (Å²) in [5.41, 5.74) is 0.0371. The van der Waals surface area contributed by atoms with Crippen LogP contribution in [-0.2, 0) is 0 Å². The lowest BCUT2D eigenvalue weighted by molar-refractivity contribution is -0.155. The SMILES string of the molecule is O=C1Nc2ccc(Cl)cc2C(C(F)(F)F)N1. The molecule has 2 rings (SSSR count). The van der Waals surface area contributed by atoms with Crippen LogP contribution in [0.25, 0.3) is 0 Å². The van der Waals surface area contributed by atoms with Crippen LogP contribution in [0.3, 0.4) is 0 Å². The van der Waals surface area contributed by atoms with Crippen molar-refractivity contribution in [3.8, 4) is 0 Å². The summed E-state index contributed by atoms with van der Waals surface area (Å²) < 4.78 is 37.9. The standard InChI is InChI=1S/C9H6ClF3N2O/c10-4-1-2-6-5(3-4)7(9(11,12)13)15-8(16)14-6/h1-3,7H,(H2,14,15,16). The molecule has 1 aromatic carbocycles. The maximum Gasteiger partial charge on any atom is 0.413 e. The van der Waals surface area contributed by atoms with Crippen molar-refractivity contribution in [3.05, 3.63) is 28.8 Å². The smallest absolute Gasteiger partial charge is 0.322 e. The van der Waals surface area contributed by atoms with Gasteiger partial charge in [-0.15, -0.1) is 0 Å². The Balaban J connectivity index is 2.52. The van der Waals surface area contributed by atoms with E-state index in [9.17, 15) is 18.0 Å². The van der Waals surface area contributed by atoms with E-state index in [2.05, 4.69) is 5.32 Å². The third-order valence-corrected chi connectivity index (χ3v) is 2.41. The number of urea groups is 1. The summed E-state index contributed by atoms with van der Waals surface area (Å²) >= 11 is 5.62. The van der Waals surface area contributed by atoms with E-state index >= 15 is 0 Å². The number of hydrogen-bond acceptors (Lipinski definition) is 1. The first-order valence-electron chi connectivity index (χ1n) is 4.31. The van der Waals surface area contributed by atoms with E-state index in [0.29, 0.717) is 0 Å². The summed E-state index contributed by atoms with van der Waals surface area (Å²) in [6, 6.07) is 1.04. The predicted molar refractivity (Wildman–Crippen MR) is 52.4 cm³/mol. The fraction of sp³-hybridized carbons (Fsp3) is 0.222. The van der Waals surface area contributed by atoms with E-state index in [1.165, 1.54) is 18.2 Å². The maximum atomic E-state index is 12.6. The van der Waals surface area contributed by atoms with Gasteiger partial charge >= 0.3 is 12.2 Å². The molecule has 2 N–H and O–H groups in total. The third-order valence-electron chi connectivity index (χ3n) is 2.18. The highest BCUT2D eigenvalue weighted by Gasteiger charge is 2.45. The molecule has 0 fully saturated rings. The Bertz CT molecular complexity index is 447. The highest BCUT2D eigenvalue weighted by atomic mass is 35.5. The molecule has 0 aliphatic carbocycles.